The first kappa shape index (κ1) is 14.9. The number of aliphatic hydroxyl groups is 1. The Morgan fingerprint density at radius 3 is 2.88 bits per heavy atom. The largest absolute Gasteiger partial charge is 0.393 e. The zero-order valence-corrected chi connectivity index (χ0v) is 11.3. The predicted molar refractivity (Wildman–Crippen MR) is 70.0 cm³/mol. The van der Waals surface area contributed by atoms with Crippen molar-refractivity contribution in [1.82, 2.24) is 4.90 Å². The van der Waals surface area contributed by atoms with Crippen LogP contribution in [0.3, 0.4) is 0 Å². The van der Waals surface area contributed by atoms with E-state index in [4.69, 9.17) is 10.5 Å². The Morgan fingerprint density at radius 2 is 2.29 bits per heavy atom. The third-order valence-electron chi connectivity index (χ3n) is 3.61. The molecule has 3 unspecified atom stereocenters. The summed E-state index contributed by atoms with van der Waals surface area (Å²) < 4.78 is 5.32. The van der Waals surface area contributed by atoms with E-state index in [1.165, 1.54) is 12.8 Å². The minimum absolute atomic E-state index is 0.210. The number of hydrogen-bond acceptors (Lipinski definition) is 4. The SMILES string of the molecule is COCC(CCCN)N1CCCC1CC(C)O. The van der Waals surface area contributed by atoms with Gasteiger partial charge < -0.3 is 15.6 Å². The van der Waals surface area contributed by atoms with Gasteiger partial charge in [-0.25, -0.2) is 0 Å². The summed E-state index contributed by atoms with van der Waals surface area (Å²) in [5, 5.41) is 9.54. The van der Waals surface area contributed by atoms with Gasteiger partial charge >= 0.3 is 0 Å². The highest BCUT2D eigenvalue weighted by molar-refractivity contribution is 4.86. The lowest BCUT2D eigenvalue weighted by Gasteiger charge is -2.33. The Hall–Kier alpha value is -0.160. The van der Waals surface area contributed by atoms with Crippen molar-refractivity contribution >= 4 is 0 Å². The third-order valence-corrected chi connectivity index (χ3v) is 3.61. The van der Waals surface area contributed by atoms with Gasteiger partial charge in [0.15, 0.2) is 0 Å². The molecule has 0 aromatic heterocycles. The van der Waals surface area contributed by atoms with Gasteiger partial charge in [-0.1, -0.05) is 0 Å². The number of aliphatic hydroxyl groups excluding tert-OH is 1. The highest BCUT2D eigenvalue weighted by atomic mass is 16.5. The lowest BCUT2D eigenvalue weighted by molar-refractivity contribution is 0.0571. The maximum atomic E-state index is 9.54. The summed E-state index contributed by atoms with van der Waals surface area (Å²) in [6.07, 6.45) is 5.25. The molecule has 0 bridgehead atoms. The molecular weight excluding hydrogens is 216 g/mol. The van der Waals surface area contributed by atoms with Crippen molar-refractivity contribution in [2.75, 3.05) is 26.8 Å². The standard InChI is InChI=1S/C13H28N2O2/c1-11(16)9-12-6-4-8-15(12)13(10-17-2)5-3-7-14/h11-13,16H,3-10,14H2,1-2H3. The van der Waals surface area contributed by atoms with E-state index in [2.05, 4.69) is 4.90 Å². The molecule has 1 aliphatic heterocycles. The number of nitrogens with zero attached hydrogens (tertiary/aromatic N) is 1. The summed E-state index contributed by atoms with van der Waals surface area (Å²) >= 11 is 0. The van der Waals surface area contributed by atoms with Crippen LogP contribution in [-0.4, -0.2) is 55.0 Å². The summed E-state index contributed by atoms with van der Waals surface area (Å²) in [4.78, 5) is 2.52. The quantitative estimate of drug-likeness (QED) is 0.668. The molecule has 1 aliphatic rings. The summed E-state index contributed by atoms with van der Waals surface area (Å²) in [6, 6.07) is 0.989. The Labute approximate surface area is 105 Å². The van der Waals surface area contributed by atoms with Crippen LogP contribution < -0.4 is 5.73 Å². The molecule has 1 fully saturated rings. The maximum Gasteiger partial charge on any atom is 0.0618 e. The number of likely N-dealkylation sites (tertiary alicyclic amines) is 1. The molecule has 0 radical (unpaired) electrons. The lowest BCUT2D eigenvalue weighted by atomic mass is 10.0. The first-order chi connectivity index (χ1) is 8.19. The van der Waals surface area contributed by atoms with E-state index < -0.39 is 0 Å². The number of nitrogens with two attached hydrogens (primary N) is 1. The molecule has 0 aliphatic carbocycles. The highest BCUT2D eigenvalue weighted by Crippen LogP contribution is 2.25. The van der Waals surface area contributed by atoms with Crippen molar-refractivity contribution in [1.29, 1.82) is 0 Å². The molecule has 1 heterocycles. The van der Waals surface area contributed by atoms with E-state index in [0.717, 1.165) is 39.0 Å². The van der Waals surface area contributed by atoms with Crippen molar-refractivity contribution in [2.24, 2.45) is 5.73 Å². The minimum Gasteiger partial charge on any atom is -0.393 e. The zero-order chi connectivity index (χ0) is 12.7. The van der Waals surface area contributed by atoms with E-state index >= 15 is 0 Å². The van der Waals surface area contributed by atoms with Crippen LogP contribution in [0.2, 0.25) is 0 Å². The molecule has 17 heavy (non-hydrogen) atoms. The number of rotatable bonds is 8. The lowest BCUT2D eigenvalue weighted by Crippen LogP contribution is -2.43. The summed E-state index contributed by atoms with van der Waals surface area (Å²) in [6.45, 7) is 4.53. The van der Waals surface area contributed by atoms with Crippen molar-refractivity contribution in [3.63, 3.8) is 0 Å². The maximum absolute atomic E-state index is 9.54. The molecular formula is C13H28N2O2. The van der Waals surface area contributed by atoms with E-state index in [1.54, 1.807) is 7.11 Å². The first-order valence-corrected chi connectivity index (χ1v) is 6.81. The first-order valence-electron chi connectivity index (χ1n) is 6.81. The van der Waals surface area contributed by atoms with Crippen LogP contribution >= 0.6 is 0 Å². The Morgan fingerprint density at radius 1 is 1.53 bits per heavy atom. The third kappa shape index (κ3) is 4.92. The number of methoxy groups -OCH3 is 1. The fraction of sp³-hybridized carbons (Fsp3) is 1.00. The molecule has 3 N–H and O–H groups in total. The fourth-order valence-corrected chi connectivity index (χ4v) is 2.88. The topological polar surface area (TPSA) is 58.7 Å². The average Bonchev–Trinajstić information content (AvgIpc) is 2.71. The van der Waals surface area contributed by atoms with Crippen LogP contribution in [-0.2, 0) is 4.74 Å². The summed E-state index contributed by atoms with van der Waals surface area (Å²) in [5.41, 5.74) is 5.59. The van der Waals surface area contributed by atoms with Crippen LogP contribution in [0.1, 0.15) is 39.0 Å². The van der Waals surface area contributed by atoms with E-state index in [-0.39, 0.29) is 6.10 Å². The monoisotopic (exact) mass is 244 g/mol. The highest BCUT2D eigenvalue weighted by Gasteiger charge is 2.30. The second-order valence-electron chi connectivity index (χ2n) is 5.16. The molecule has 0 aromatic carbocycles. The normalized spacial score (nSPS) is 25.1. The van der Waals surface area contributed by atoms with Crippen LogP contribution in [0.15, 0.2) is 0 Å². The second kappa shape index (κ2) is 8.03. The smallest absolute Gasteiger partial charge is 0.0618 e. The fourth-order valence-electron chi connectivity index (χ4n) is 2.88. The Bertz CT molecular complexity index is 200. The molecule has 4 heteroatoms. The number of ether oxygens (including phenoxy) is 1. The number of hydrogen-bond donors (Lipinski definition) is 2. The Balaban J connectivity index is 2.51. The van der Waals surface area contributed by atoms with Gasteiger partial charge in [-0.05, 0) is 52.1 Å². The van der Waals surface area contributed by atoms with Crippen molar-refractivity contribution in [3.8, 4) is 0 Å². The van der Waals surface area contributed by atoms with E-state index in [1.807, 2.05) is 6.92 Å². The van der Waals surface area contributed by atoms with Crippen molar-refractivity contribution in [2.45, 2.75) is 57.2 Å². The minimum atomic E-state index is -0.210. The van der Waals surface area contributed by atoms with Gasteiger partial charge in [-0.2, -0.15) is 0 Å². The van der Waals surface area contributed by atoms with E-state index in [9.17, 15) is 5.11 Å². The average molecular weight is 244 g/mol. The molecule has 0 amide bonds. The molecule has 3 atom stereocenters. The predicted octanol–water partition coefficient (Wildman–Crippen LogP) is 0.976. The summed E-state index contributed by atoms with van der Waals surface area (Å²) in [7, 11) is 1.76. The Kier molecular flexibility index (Phi) is 7.04. The van der Waals surface area contributed by atoms with Gasteiger partial charge in [-0.3, -0.25) is 4.90 Å². The molecule has 1 rings (SSSR count). The van der Waals surface area contributed by atoms with Crippen molar-refractivity contribution < 1.29 is 9.84 Å². The zero-order valence-electron chi connectivity index (χ0n) is 11.3. The molecule has 0 aromatic rings. The van der Waals surface area contributed by atoms with Gasteiger partial charge in [0.2, 0.25) is 0 Å². The van der Waals surface area contributed by atoms with Crippen LogP contribution in [0, 0.1) is 0 Å². The van der Waals surface area contributed by atoms with Gasteiger partial charge in [0.25, 0.3) is 0 Å². The van der Waals surface area contributed by atoms with Crippen molar-refractivity contribution in [3.05, 3.63) is 0 Å². The molecule has 102 valence electrons. The van der Waals surface area contributed by atoms with Gasteiger partial charge in [0.05, 0.1) is 12.7 Å². The van der Waals surface area contributed by atoms with Gasteiger partial charge in [-0.15, -0.1) is 0 Å². The van der Waals surface area contributed by atoms with Gasteiger partial charge in [0, 0.05) is 19.2 Å². The molecule has 1 saturated heterocycles. The van der Waals surface area contributed by atoms with Gasteiger partial charge in [0.1, 0.15) is 0 Å². The summed E-state index contributed by atoms with van der Waals surface area (Å²) in [5.74, 6) is 0. The van der Waals surface area contributed by atoms with Crippen LogP contribution in [0.4, 0.5) is 0 Å². The molecule has 4 nitrogen and oxygen atoms in total. The van der Waals surface area contributed by atoms with Crippen LogP contribution in [0.25, 0.3) is 0 Å². The van der Waals surface area contributed by atoms with Crippen LogP contribution in [0.5, 0.6) is 0 Å². The molecule has 0 spiro atoms. The molecule has 0 saturated carbocycles. The second-order valence-corrected chi connectivity index (χ2v) is 5.16. The van der Waals surface area contributed by atoms with E-state index in [0.29, 0.717) is 12.1 Å².